The van der Waals surface area contributed by atoms with E-state index in [1.807, 2.05) is 36.5 Å². The first-order chi connectivity index (χ1) is 51.7. The van der Waals surface area contributed by atoms with Crippen molar-refractivity contribution in [3.63, 3.8) is 0 Å². The third-order valence-corrected chi connectivity index (χ3v) is 17.8. The van der Waals surface area contributed by atoms with E-state index >= 15 is 0 Å². The van der Waals surface area contributed by atoms with E-state index < -0.39 is 97.5 Å². The number of esters is 4. The van der Waals surface area contributed by atoms with Gasteiger partial charge in [0.2, 0.25) is 0 Å². The Balaban J connectivity index is 5.48. The molecule has 0 aromatic carbocycles. The fourth-order valence-electron chi connectivity index (χ4n) is 9.93. The molecule has 0 saturated heterocycles. The number of aliphatic hydroxyl groups is 1. The molecule has 600 valence electrons. The average molecular weight is 1520 g/mol. The molecule has 106 heavy (non-hydrogen) atoms. The van der Waals surface area contributed by atoms with Gasteiger partial charge in [0.25, 0.3) is 0 Å². The van der Waals surface area contributed by atoms with Crippen LogP contribution in [-0.2, 0) is 65.4 Å². The number of phosphoric acid groups is 2. The topological polar surface area (TPSA) is 237 Å². The number of carbonyl (C=O) groups is 4. The van der Waals surface area contributed by atoms with Gasteiger partial charge in [-0.2, -0.15) is 0 Å². The second-order valence-electron chi connectivity index (χ2n) is 25.9. The SMILES string of the molecule is CC/C=C\C/C=C\C/C=C\C/C=C\C/C=C\C/C=C\CCC(=O)OCC(COP(=O)(O)OCC(O)COP(=O)(O)OCC(COC(=O)CC/C=C\C/C=C\C/C=C\C/C=C\C/C=C\C/C=C\CC)OC(=O)CCCCCCCCCCCCC)OC(=O)CCCCCCCCC/C=C\C/C=C\C/C=C\CC. The Morgan fingerprint density at radius 3 is 0.792 bits per heavy atom. The predicted molar refractivity (Wildman–Crippen MR) is 436 cm³/mol. The first-order valence-corrected chi connectivity index (χ1v) is 43.0. The molecule has 3 N–H and O–H groups in total. The van der Waals surface area contributed by atoms with Crippen molar-refractivity contribution in [1.82, 2.24) is 0 Å². The minimum atomic E-state index is -5.01. The molecule has 0 amide bonds. The van der Waals surface area contributed by atoms with Gasteiger partial charge in [0.1, 0.15) is 19.3 Å². The van der Waals surface area contributed by atoms with Crippen LogP contribution in [0.2, 0.25) is 0 Å². The van der Waals surface area contributed by atoms with Crippen LogP contribution in [-0.4, -0.2) is 96.7 Å². The maximum absolute atomic E-state index is 13.1. The van der Waals surface area contributed by atoms with Gasteiger partial charge in [-0.15, -0.1) is 0 Å². The highest BCUT2D eigenvalue weighted by molar-refractivity contribution is 7.47. The molecule has 0 radical (unpaired) electrons. The van der Waals surface area contributed by atoms with E-state index in [4.69, 9.17) is 37.0 Å². The van der Waals surface area contributed by atoms with E-state index in [9.17, 15) is 43.2 Å². The Hall–Kier alpha value is -5.84. The number of ether oxygens (including phenoxy) is 4. The molecule has 0 rings (SSSR count). The van der Waals surface area contributed by atoms with Crippen LogP contribution in [0.4, 0.5) is 0 Å². The van der Waals surface area contributed by atoms with Crippen LogP contribution in [0.25, 0.3) is 0 Å². The maximum atomic E-state index is 13.1. The fraction of sp³-hybridized carbons (Fsp3) is 0.609. The number of rotatable bonds is 73. The van der Waals surface area contributed by atoms with Crippen LogP contribution in [0, 0.1) is 0 Å². The fourth-order valence-corrected chi connectivity index (χ4v) is 11.5. The van der Waals surface area contributed by atoms with Gasteiger partial charge >= 0.3 is 39.5 Å². The van der Waals surface area contributed by atoms with Gasteiger partial charge in [0.05, 0.1) is 26.4 Å². The number of hydrogen-bond donors (Lipinski definition) is 3. The highest BCUT2D eigenvalue weighted by Gasteiger charge is 2.30. The van der Waals surface area contributed by atoms with Crippen molar-refractivity contribution in [2.75, 3.05) is 39.6 Å². The van der Waals surface area contributed by atoms with E-state index in [0.717, 1.165) is 154 Å². The Morgan fingerprint density at radius 1 is 0.274 bits per heavy atom. The Labute approximate surface area is 641 Å². The highest BCUT2D eigenvalue weighted by atomic mass is 31.2. The second-order valence-corrected chi connectivity index (χ2v) is 28.8. The number of phosphoric ester groups is 2. The first-order valence-electron chi connectivity index (χ1n) is 40.0. The molecule has 0 aliphatic heterocycles. The van der Waals surface area contributed by atoms with E-state index in [1.165, 1.54) is 38.5 Å². The van der Waals surface area contributed by atoms with Gasteiger partial charge in [-0.3, -0.25) is 37.3 Å². The third kappa shape index (κ3) is 76.4. The zero-order chi connectivity index (χ0) is 77.4. The summed E-state index contributed by atoms with van der Waals surface area (Å²) in [4.78, 5) is 72.9. The van der Waals surface area contributed by atoms with Gasteiger partial charge in [-0.1, -0.05) is 306 Å². The molecular weight excluding hydrogens is 1380 g/mol. The van der Waals surface area contributed by atoms with Gasteiger partial charge in [-0.05, 0) is 135 Å². The van der Waals surface area contributed by atoms with Crippen LogP contribution in [0.3, 0.4) is 0 Å². The van der Waals surface area contributed by atoms with E-state index in [0.29, 0.717) is 38.5 Å². The summed E-state index contributed by atoms with van der Waals surface area (Å²) in [5.41, 5.74) is 0. The normalized spacial score (nSPS) is 14.8. The van der Waals surface area contributed by atoms with Crippen LogP contribution in [0.5, 0.6) is 0 Å². The number of unbranched alkanes of at least 4 members (excludes halogenated alkanes) is 17. The molecule has 19 heteroatoms. The Kier molecular flexibility index (Phi) is 73.1. The molecule has 0 aromatic heterocycles. The van der Waals surface area contributed by atoms with Crippen LogP contribution < -0.4 is 0 Å². The number of hydrogen-bond acceptors (Lipinski definition) is 15. The minimum absolute atomic E-state index is 0.0264. The lowest BCUT2D eigenvalue weighted by atomic mass is 10.1. The Morgan fingerprint density at radius 2 is 0.509 bits per heavy atom. The van der Waals surface area contributed by atoms with Crippen molar-refractivity contribution >= 4 is 39.5 Å². The quantitative estimate of drug-likeness (QED) is 0.0169. The Bertz CT molecular complexity index is 2730. The molecule has 17 nitrogen and oxygen atoms in total. The summed E-state index contributed by atoms with van der Waals surface area (Å²) in [6.07, 6.45) is 93.3. The van der Waals surface area contributed by atoms with Crippen molar-refractivity contribution in [3.8, 4) is 0 Å². The molecule has 5 atom stereocenters. The van der Waals surface area contributed by atoms with Gasteiger partial charge in [-0.25, -0.2) is 9.13 Å². The molecule has 0 heterocycles. The van der Waals surface area contributed by atoms with Crippen molar-refractivity contribution in [1.29, 1.82) is 0 Å². The lowest BCUT2D eigenvalue weighted by Crippen LogP contribution is -2.30. The molecule has 0 aliphatic carbocycles. The summed E-state index contributed by atoms with van der Waals surface area (Å²) in [6.45, 7) is 4.33. The summed E-state index contributed by atoms with van der Waals surface area (Å²) in [7, 11) is -10.0. The van der Waals surface area contributed by atoms with Gasteiger partial charge < -0.3 is 33.8 Å². The average Bonchev–Trinajstić information content (AvgIpc) is 0.919. The van der Waals surface area contributed by atoms with Crippen molar-refractivity contribution < 1.29 is 80.2 Å². The molecule has 0 saturated carbocycles. The summed E-state index contributed by atoms with van der Waals surface area (Å²) >= 11 is 0. The summed E-state index contributed by atoms with van der Waals surface area (Å²) in [6, 6.07) is 0. The van der Waals surface area contributed by atoms with Crippen LogP contribution in [0.15, 0.2) is 182 Å². The zero-order valence-corrected chi connectivity index (χ0v) is 67.3. The first kappa shape index (κ1) is 100. The lowest BCUT2D eigenvalue weighted by molar-refractivity contribution is -0.161. The number of aliphatic hydroxyl groups excluding tert-OH is 1. The smallest absolute Gasteiger partial charge is 0.462 e. The molecule has 0 aliphatic rings. The molecule has 0 bridgehead atoms. The number of carbonyl (C=O) groups excluding carboxylic acids is 4. The standard InChI is InChI=1S/C87H140O17P2/c1-5-9-13-17-21-25-29-32-35-38-40-43-45-48-52-55-59-63-67-71-84(89)97-77-82(103-86(91)73-69-65-61-57-51-28-24-20-16-12-8-4)79-101-105(93,94)99-75-81(88)76-100-106(95,96)102-80-83(104-87(92)74-70-66-62-58-54-50-47-42-37-34-31-27-23-19-15-11-7-3)78-98-85(90)72-68-64-60-56-53-49-46-44-41-39-36-33-30-26-22-18-14-10-6-2/h9-11,13-15,21-23,25-27,32-37,40-41,43-44,48-49,52-53,59-60,63-64,81-83,88H,5-8,12,16-20,24,28-31,38-39,42,45-47,50-51,54-58,61-62,65-80H2,1-4H3,(H,93,94)(H,95,96)/b13-9-,14-10-,15-11-,25-21-,26-22-,27-23-,35-32-,36-33-,37-34-,43-40-,44-41-,52-48-,53-49-,63-59-,64-60-. The van der Waals surface area contributed by atoms with E-state index in [-0.39, 0.29) is 25.7 Å². The van der Waals surface area contributed by atoms with Crippen molar-refractivity contribution in [2.45, 2.75) is 303 Å². The summed E-state index contributed by atoms with van der Waals surface area (Å²) in [5.74, 6) is -2.39. The largest absolute Gasteiger partial charge is 0.472 e. The molecule has 0 spiro atoms. The monoisotopic (exact) mass is 1520 g/mol. The summed E-state index contributed by atoms with van der Waals surface area (Å²) in [5, 5.41) is 10.6. The summed E-state index contributed by atoms with van der Waals surface area (Å²) < 4.78 is 68.4. The molecule has 0 aromatic rings. The minimum Gasteiger partial charge on any atom is -0.462 e. The predicted octanol–water partition coefficient (Wildman–Crippen LogP) is 23.6. The van der Waals surface area contributed by atoms with Crippen LogP contribution >= 0.6 is 15.6 Å². The van der Waals surface area contributed by atoms with Crippen molar-refractivity contribution in [2.24, 2.45) is 0 Å². The van der Waals surface area contributed by atoms with E-state index in [2.05, 4.69) is 174 Å². The van der Waals surface area contributed by atoms with Crippen LogP contribution in [0.1, 0.15) is 285 Å². The van der Waals surface area contributed by atoms with Gasteiger partial charge in [0, 0.05) is 25.7 Å². The maximum Gasteiger partial charge on any atom is 0.472 e. The lowest BCUT2D eigenvalue weighted by Gasteiger charge is -2.21. The van der Waals surface area contributed by atoms with Crippen molar-refractivity contribution in [3.05, 3.63) is 182 Å². The zero-order valence-electron chi connectivity index (χ0n) is 65.5. The van der Waals surface area contributed by atoms with E-state index in [1.54, 1.807) is 0 Å². The highest BCUT2D eigenvalue weighted by Crippen LogP contribution is 2.45. The van der Waals surface area contributed by atoms with Gasteiger partial charge in [0.15, 0.2) is 12.2 Å². The molecule has 5 unspecified atom stereocenters. The third-order valence-electron chi connectivity index (χ3n) is 15.9. The molecule has 0 fully saturated rings. The second kappa shape index (κ2) is 77.3. The molecular formula is C87H140O17P2. The number of allylic oxidation sites excluding steroid dienone is 30.